The van der Waals surface area contributed by atoms with Crippen LogP contribution < -0.4 is 0 Å². The van der Waals surface area contributed by atoms with Crippen LogP contribution >= 0.6 is 11.6 Å². The highest BCUT2D eigenvalue weighted by molar-refractivity contribution is 6.30. The topological polar surface area (TPSA) is 26.3 Å². The minimum Gasteiger partial charge on any atom is -0.457 e. The van der Waals surface area contributed by atoms with Gasteiger partial charge in [0.1, 0.15) is 17.0 Å². The molecule has 1 saturated carbocycles. The largest absolute Gasteiger partial charge is 0.457 e. The molecule has 0 N–H and O–H groups in total. The van der Waals surface area contributed by atoms with Crippen LogP contribution in [0, 0.1) is 23.1 Å². The second-order valence-corrected chi connectivity index (χ2v) is 9.56. The lowest BCUT2D eigenvalue weighted by atomic mass is 9.94. The van der Waals surface area contributed by atoms with Gasteiger partial charge in [-0.15, -0.1) is 0 Å². The fourth-order valence-electron chi connectivity index (χ4n) is 4.80. The average molecular weight is 467 g/mol. The third kappa shape index (κ3) is 4.42. The van der Waals surface area contributed by atoms with Crippen molar-refractivity contribution >= 4 is 17.6 Å². The van der Waals surface area contributed by atoms with Crippen LogP contribution in [0.25, 0.3) is 0 Å². The molecule has 4 atom stereocenters. The van der Waals surface area contributed by atoms with Crippen molar-refractivity contribution in [2.24, 2.45) is 17.3 Å². The molecular formula is C25H23ClF4O2. The SMILES string of the molecule is CC1(C)C(/C=C(\Cl)C(F)(F)F)C1C(=O)O[C@@H]1C[C@@H](Cc2ccc(F)cc2)c2ccccc21. The van der Waals surface area contributed by atoms with Crippen molar-refractivity contribution in [3.63, 3.8) is 0 Å². The first-order chi connectivity index (χ1) is 15.0. The van der Waals surface area contributed by atoms with Gasteiger partial charge in [0.2, 0.25) is 0 Å². The molecule has 0 heterocycles. The number of carbonyl (C=O) groups is 1. The Kier molecular flexibility index (Phi) is 5.86. The third-order valence-corrected chi connectivity index (χ3v) is 7.04. The molecule has 0 spiro atoms. The first-order valence-electron chi connectivity index (χ1n) is 10.5. The van der Waals surface area contributed by atoms with Gasteiger partial charge in [-0.25, -0.2) is 4.39 Å². The monoisotopic (exact) mass is 466 g/mol. The Hall–Kier alpha value is -2.34. The van der Waals surface area contributed by atoms with E-state index in [-0.39, 0.29) is 11.7 Å². The number of hydrogen-bond donors (Lipinski definition) is 0. The summed E-state index contributed by atoms with van der Waals surface area (Å²) in [7, 11) is 0. The molecule has 0 amide bonds. The predicted molar refractivity (Wildman–Crippen MR) is 113 cm³/mol. The van der Waals surface area contributed by atoms with Crippen LogP contribution in [-0.4, -0.2) is 12.1 Å². The number of benzene rings is 2. The zero-order valence-electron chi connectivity index (χ0n) is 17.6. The Balaban J connectivity index is 1.49. The summed E-state index contributed by atoms with van der Waals surface area (Å²) in [4.78, 5) is 12.9. The summed E-state index contributed by atoms with van der Waals surface area (Å²) >= 11 is 5.39. The second-order valence-electron chi connectivity index (χ2n) is 9.15. The van der Waals surface area contributed by atoms with Gasteiger partial charge < -0.3 is 4.74 Å². The van der Waals surface area contributed by atoms with Crippen molar-refractivity contribution in [3.8, 4) is 0 Å². The van der Waals surface area contributed by atoms with Gasteiger partial charge in [0.25, 0.3) is 0 Å². The number of rotatable bonds is 5. The highest BCUT2D eigenvalue weighted by atomic mass is 35.5. The normalized spacial score (nSPS) is 26.5. The van der Waals surface area contributed by atoms with Gasteiger partial charge in [-0.05, 0) is 58.9 Å². The second kappa shape index (κ2) is 8.22. The van der Waals surface area contributed by atoms with Gasteiger partial charge in [-0.2, -0.15) is 13.2 Å². The molecule has 2 aliphatic rings. The molecule has 2 nitrogen and oxygen atoms in total. The number of carbonyl (C=O) groups excluding carboxylic acids is 1. The number of alkyl halides is 3. The van der Waals surface area contributed by atoms with Crippen molar-refractivity contribution in [1.29, 1.82) is 0 Å². The number of ether oxygens (including phenoxy) is 1. The maximum absolute atomic E-state index is 13.2. The van der Waals surface area contributed by atoms with E-state index in [0.29, 0.717) is 12.8 Å². The number of allylic oxidation sites excluding steroid dienone is 2. The number of esters is 1. The minimum absolute atomic E-state index is 0.0945. The molecule has 2 unspecified atom stereocenters. The van der Waals surface area contributed by atoms with Crippen molar-refractivity contribution < 1.29 is 27.1 Å². The molecule has 7 heteroatoms. The standard InChI is InChI=1S/C25H23ClF4O2/c1-24(2)19(13-21(26)25(28,29)30)22(24)23(31)32-20-12-15(17-5-3-4-6-18(17)20)11-14-7-9-16(27)10-8-14/h3-10,13,15,19-20,22H,11-12H2,1-2H3/b21-13-/t15-,19?,20-,22?/m1/s1. The Labute approximate surface area is 189 Å². The predicted octanol–water partition coefficient (Wildman–Crippen LogP) is 7.10. The summed E-state index contributed by atoms with van der Waals surface area (Å²) in [5, 5.41) is -1.21. The molecule has 1 fully saturated rings. The summed E-state index contributed by atoms with van der Waals surface area (Å²) < 4.78 is 57.5. The van der Waals surface area contributed by atoms with E-state index in [1.807, 2.05) is 24.3 Å². The lowest BCUT2D eigenvalue weighted by Crippen LogP contribution is -2.14. The van der Waals surface area contributed by atoms with Crippen LogP contribution in [-0.2, 0) is 16.0 Å². The molecule has 2 aromatic rings. The van der Waals surface area contributed by atoms with Crippen molar-refractivity contribution in [1.82, 2.24) is 0 Å². The van der Waals surface area contributed by atoms with Gasteiger partial charge in [-0.1, -0.05) is 67.9 Å². The molecule has 0 aliphatic heterocycles. The Bertz CT molecular complexity index is 1040. The molecule has 0 bridgehead atoms. The maximum atomic E-state index is 13.2. The first kappa shape index (κ1) is 22.8. The van der Waals surface area contributed by atoms with E-state index in [1.54, 1.807) is 26.0 Å². The number of hydrogen-bond acceptors (Lipinski definition) is 2. The van der Waals surface area contributed by atoms with E-state index < -0.39 is 40.5 Å². The minimum atomic E-state index is -4.63. The summed E-state index contributed by atoms with van der Waals surface area (Å²) in [6.07, 6.45) is -2.94. The van der Waals surface area contributed by atoms with Crippen LogP contribution in [0.4, 0.5) is 17.6 Å². The van der Waals surface area contributed by atoms with Gasteiger partial charge in [0, 0.05) is 0 Å². The van der Waals surface area contributed by atoms with Gasteiger partial charge >= 0.3 is 12.1 Å². The molecule has 170 valence electrons. The van der Waals surface area contributed by atoms with E-state index in [4.69, 9.17) is 16.3 Å². The fourth-order valence-corrected chi connectivity index (χ4v) is 4.94. The van der Waals surface area contributed by atoms with Crippen LogP contribution in [0.2, 0.25) is 0 Å². The van der Waals surface area contributed by atoms with E-state index in [1.165, 1.54) is 12.1 Å². The summed E-state index contributed by atoms with van der Waals surface area (Å²) in [6, 6.07) is 14.0. The van der Waals surface area contributed by atoms with Gasteiger partial charge in [-0.3, -0.25) is 4.79 Å². The van der Waals surface area contributed by atoms with E-state index >= 15 is 0 Å². The Morgan fingerprint density at radius 1 is 1.12 bits per heavy atom. The zero-order chi connectivity index (χ0) is 23.3. The van der Waals surface area contributed by atoms with Crippen molar-refractivity contribution in [3.05, 3.63) is 82.1 Å². The van der Waals surface area contributed by atoms with Crippen LogP contribution in [0.5, 0.6) is 0 Å². The van der Waals surface area contributed by atoms with Gasteiger partial charge in [0.15, 0.2) is 0 Å². The molecule has 32 heavy (non-hydrogen) atoms. The van der Waals surface area contributed by atoms with Crippen molar-refractivity contribution in [2.45, 2.75) is 44.9 Å². The molecule has 2 aromatic carbocycles. The molecule has 0 aromatic heterocycles. The molecule has 2 aliphatic carbocycles. The van der Waals surface area contributed by atoms with Gasteiger partial charge in [0.05, 0.1) is 5.92 Å². The molecular weight excluding hydrogens is 444 g/mol. The fraction of sp³-hybridized carbons (Fsp3) is 0.400. The summed E-state index contributed by atoms with van der Waals surface area (Å²) in [6.45, 7) is 3.47. The molecule has 4 rings (SSSR count). The third-order valence-electron chi connectivity index (χ3n) is 6.70. The number of halogens is 5. The maximum Gasteiger partial charge on any atom is 0.426 e. The quantitative estimate of drug-likeness (QED) is 0.347. The Morgan fingerprint density at radius 2 is 1.75 bits per heavy atom. The van der Waals surface area contributed by atoms with E-state index in [9.17, 15) is 22.4 Å². The number of fused-ring (bicyclic) bond motifs is 1. The van der Waals surface area contributed by atoms with Crippen molar-refractivity contribution in [2.75, 3.05) is 0 Å². The summed E-state index contributed by atoms with van der Waals surface area (Å²) in [5.74, 6) is -2.02. The van der Waals surface area contributed by atoms with Crippen LogP contribution in [0.3, 0.4) is 0 Å². The van der Waals surface area contributed by atoms with Crippen LogP contribution in [0.1, 0.15) is 49.0 Å². The van der Waals surface area contributed by atoms with Crippen LogP contribution in [0.15, 0.2) is 59.6 Å². The Morgan fingerprint density at radius 3 is 2.38 bits per heavy atom. The first-order valence-corrected chi connectivity index (χ1v) is 10.8. The highest BCUT2D eigenvalue weighted by Gasteiger charge is 2.62. The molecule has 0 radical (unpaired) electrons. The lowest BCUT2D eigenvalue weighted by Gasteiger charge is -2.15. The lowest BCUT2D eigenvalue weighted by molar-refractivity contribution is -0.152. The molecule has 0 saturated heterocycles. The van der Waals surface area contributed by atoms with E-state index in [0.717, 1.165) is 22.8 Å². The smallest absolute Gasteiger partial charge is 0.426 e. The summed E-state index contributed by atoms with van der Waals surface area (Å²) in [5.41, 5.74) is 2.30. The highest BCUT2D eigenvalue weighted by Crippen LogP contribution is 2.61. The van der Waals surface area contributed by atoms with E-state index in [2.05, 4.69) is 0 Å². The average Bonchev–Trinajstić information content (AvgIpc) is 3.09. The zero-order valence-corrected chi connectivity index (χ0v) is 18.4.